The highest BCUT2D eigenvalue weighted by Crippen LogP contribution is 2.17. The number of carboxylic acid groups (broad SMARTS) is 1. The molecule has 0 aliphatic carbocycles. The summed E-state index contributed by atoms with van der Waals surface area (Å²) in [5, 5.41) is 12.9. The predicted molar refractivity (Wildman–Crippen MR) is 62.5 cm³/mol. The van der Waals surface area contributed by atoms with Gasteiger partial charge in [-0.1, -0.05) is 0 Å². The van der Waals surface area contributed by atoms with E-state index in [0.29, 0.717) is 5.78 Å². The minimum absolute atomic E-state index is 0.0469. The molecule has 0 saturated carbocycles. The van der Waals surface area contributed by atoms with Crippen LogP contribution in [0.4, 0.5) is 0 Å². The first-order valence-electron chi connectivity index (χ1n) is 5.76. The summed E-state index contributed by atoms with van der Waals surface area (Å²) < 4.78 is 1.49. The van der Waals surface area contributed by atoms with Crippen LogP contribution in [0, 0.1) is 12.8 Å². The lowest BCUT2D eigenvalue weighted by molar-refractivity contribution is -0.146. The highest BCUT2D eigenvalue weighted by Gasteiger charge is 2.37. The van der Waals surface area contributed by atoms with Gasteiger partial charge in [0.15, 0.2) is 0 Å². The van der Waals surface area contributed by atoms with Crippen molar-refractivity contribution in [3.8, 4) is 0 Å². The van der Waals surface area contributed by atoms with Gasteiger partial charge in [-0.05, 0) is 13.0 Å². The molecule has 0 atom stereocenters. The topological polar surface area (TPSA) is 101 Å². The van der Waals surface area contributed by atoms with Crippen molar-refractivity contribution in [1.29, 1.82) is 0 Å². The molecule has 1 N–H and O–H groups in total. The first kappa shape index (κ1) is 11.6. The van der Waals surface area contributed by atoms with Crippen molar-refractivity contribution in [3.63, 3.8) is 0 Å². The Labute approximate surface area is 107 Å². The van der Waals surface area contributed by atoms with Crippen LogP contribution in [0.1, 0.15) is 16.3 Å². The molecule has 1 saturated heterocycles. The van der Waals surface area contributed by atoms with Crippen molar-refractivity contribution in [3.05, 3.63) is 23.8 Å². The number of rotatable bonds is 2. The van der Waals surface area contributed by atoms with Gasteiger partial charge in [-0.3, -0.25) is 9.59 Å². The Kier molecular flexibility index (Phi) is 2.44. The molecular weight excluding hydrogens is 250 g/mol. The maximum atomic E-state index is 12.0. The number of aromatic nitrogens is 4. The van der Waals surface area contributed by atoms with Crippen LogP contribution >= 0.6 is 0 Å². The van der Waals surface area contributed by atoms with E-state index in [4.69, 9.17) is 5.11 Å². The lowest BCUT2D eigenvalue weighted by Crippen LogP contribution is -2.53. The van der Waals surface area contributed by atoms with Crippen molar-refractivity contribution in [2.75, 3.05) is 13.1 Å². The van der Waals surface area contributed by atoms with Crippen LogP contribution < -0.4 is 0 Å². The zero-order valence-electron chi connectivity index (χ0n) is 10.1. The number of hydrogen-bond donors (Lipinski definition) is 1. The summed E-state index contributed by atoms with van der Waals surface area (Å²) in [6, 6.07) is 1.76. The quantitative estimate of drug-likeness (QED) is 0.788. The van der Waals surface area contributed by atoms with E-state index in [1.165, 1.54) is 9.42 Å². The Morgan fingerprint density at radius 2 is 2.16 bits per heavy atom. The molecule has 8 nitrogen and oxygen atoms in total. The number of carboxylic acids is 1. The Hall–Kier alpha value is -2.51. The number of nitrogens with zero attached hydrogens (tertiary/aromatic N) is 5. The molecule has 1 aliphatic heterocycles. The molecule has 2 aromatic heterocycles. The number of likely N-dealkylation sites (tertiary alicyclic amines) is 1. The summed E-state index contributed by atoms with van der Waals surface area (Å²) >= 11 is 0. The standard InChI is InChI=1S/C11H11N5O3/c1-6-2-3-12-11-13-8(14-16(6)11)9(17)15-4-7(5-15)10(18)19/h2-3,7H,4-5H2,1H3,(H,18,19). The normalized spacial score (nSPS) is 15.5. The third-order valence-corrected chi connectivity index (χ3v) is 3.14. The molecule has 0 aromatic carbocycles. The van der Waals surface area contributed by atoms with Gasteiger partial charge in [0.05, 0.1) is 5.92 Å². The second kappa shape index (κ2) is 4.01. The van der Waals surface area contributed by atoms with Gasteiger partial charge in [0.25, 0.3) is 11.7 Å². The van der Waals surface area contributed by atoms with Gasteiger partial charge in [0.2, 0.25) is 5.82 Å². The van der Waals surface area contributed by atoms with E-state index >= 15 is 0 Å². The van der Waals surface area contributed by atoms with Gasteiger partial charge in [0, 0.05) is 25.0 Å². The Morgan fingerprint density at radius 3 is 2.79 bits per heavy atom. The fourth-order valence-corrected chi connectivity index (χ4v) is 1.94. The lowest BCUT2D eigenvalue weighted by Gasteiger charge is -2.35. The molecule has 1 fully saturated rings. The van der Waals surface area contributed by atoms with E-state index in [2.05, 4.69) is 15.1 Å². The molecule has 3 heterocycles. The predicted octanol–water partition coefficient (Wildman–Crippen LogP) is -0.411. The number of carbonyl (C=O) groups excluding carboxylic acids is 1. The molecular formula is C11H11N5O3. The smallest absolute Gasteiger partial charge is 0.310 e. The Balaban J connectivity index is 1.83. The maximum Gasteiger partial charge on any atom is 0.310 e. The summed E-state index contributed by atoms with van der Waals surface area (Å²) in [7, 11) is 0. The number of carbonyl (C=O) groups is 2. The van der Waals surface area contributed by atoms with E-state index in [9.17, 15) is 9.59 Å². The Bertz CT molecular complexity index is 674. The number of fused-ring (bicyclic) bond motifs is 1. The minimum atomic E-state index is -0.885. The van der Waals surface area contributed by atoms with Crippen LogP contribution in [0.25, 0.3) is 5.78 Å². The maximum absolute atomic E-state index is 12.0. The summed E-state index contributed by atoms with van der Waals surface area (Å²) in [5.41, 5.74) is 0.823. The molecule has 98 valence electrons. The van der Waals surface area contributed by atoms with Crippen molar-refractivity contribution >= 4 is 17.7 Å². The molecule has 1 amide bonds. The number of amides is 1. The first-order chi connectivity index (χ1) is 9.06. The fourth-order valence-electron chi connectivity index (χ4n) is 1.94. The summed E-state index contributed by atoms with van der Waals surface area (Å²) in [5.74, 6) is -1.32. The van der Waals surface area contributed by atoms with E-state index in [0.717, 1.165) is 5.69 Å². The summed E-state index contributed by atoms with van der Waals surface area (Å²) in [6.45, 7) is 2.24. The third kappa shape index (κ3) is 1.81. The van der Waals surface area contributed by atoms with Crippen LogP contribution in [-0.2, 0) is 4.79 Å². The highest BCUT2D eigenvalue weighted by atomic mass is 16.4. The monoisotopic (exact) mass is 261 g/mol. The first-order valence-corrected chi connectivity index (χ1v) is 5.76. The van der Waals surface area contributed by atoms with Crippen molar-refractivity contribution in [1.82, 2.24) is 24.5 Å². The summed E-state index contributed by atoms with van der Waals surface area (Å²) in [4.78, 5) is 32.2. The van der Waals surface area contributed by atoms with Gasteiger partial charge >= 0.3 is 5.97 Å². The van der Waals surface area contributed by atoms with Crippen molar-refractivity contribution in [2.24, 2.45) is 5.92 Å². The van der Waals surface area contributed by atoms with Gasteiger partial charge in [-0.2, -0.15) is 4.98 Å². The molecule has 3 rings (SSSR count). The second-order valence-electron chi connectivity index (χ2n) is 4.48. The molecule has 19 heavy (non-hydrogen) atoms. The molecule has 0 spiro atoms. The zero-order chi connectivity index (χ0) is 13.6. The van der Waals surface area contributed by atoms with Crippen LogP contribution in [-0.4, -0.2) is 54.6 Å². The zero-order valence-corrected chi connectivity index (χ0v) is 10.1. The lowest BCUT2D eigenvalue weighted by atomic mass is 10.0. The average molecular weight is 261 g/mol. The largest absolute Gasteiger partial charge is 0.481 e. The fraction of sp³-hybridized carbons (Fsp3) is 0.364. The minimum Gasteiger partial charge on any atom is -0.481 e. The van der Waals surface area contributed by atoms with E-state index in [1.807, 2.05) is 6.92 Å². The Morgan fingerprint density at radius 1 is 1.42 bits per heavy atom. The number of aryl methyl sites for hydroxylation is 1. The number of aliphatic carboxylic acids is 1. The van der Waals surface area contributed by atoms with Gasteiger partial charge in [-0.25, -0.2) is 9.50 Å². The molecule has 0 unspecified atom stereocenters. The van der Waals surface area contributed by atoms with Gasteiger partial charge in [-0.15, -0.1) is 5.10 Å². The molecule has 1 aliphatic rings. The van der Waals surface area contributed by atoms with Gasteiger partial charge in [0.1, 0.15) is 0 Å². The molecule has 8 heteroatoms. The second-order valence-corrected chi connectivity index (χ2v) is 4.48. The van der Waals surface area contributed by atoms with Gasteiger partial charge < -0.3 is 10.0 Å². The third-order valence-electron chi connectivity index (χ3n) is 3.14. The van der Waals surface area contributed by atoms with Crippen LogP contribution in [0.5, 0.6) is 0 Å². The van der Waals surface area contributed by atoms with Crippen LogP contribution in [0.3, 0.4) is 0 Å². The van der Waals surface area contributed by atoms with E-state index in [1.54, 1.807) is 12.3 Å². The van der Waals surface area contributed by atoms with Crippen LogP contribution in [0.2, 0.25) is 0 Å². The highest BCUT2D eigenvalue weighted by molar-refractivity contribution is 5.92. The van der Waals surface area contributed by atoms with E-state index < -0.39 is 11.9 Å². The molecule has 0 bridgehead atoms. The average Bonchev–Trinajstić information content (AvgIpc) is 2.71. The SMILES string of the molecule is Cc1ccnc2nc(C(=O)N3CC(C(=O)O)C3)nn12. The van der Waals surface area contributed by atoms with Crippen LogP contribution in [0.15, 0.2) is 12.3 Å². The summed E-state index contributed by atoms with van der Waals surface area (Å²) in [6.07, 6.45) is 1.59. The van der Waals surface area contributed by atoms with Crippen molar-refractivity contribution < 1.29 is 14.7 Å². The number of hydrogen-bond acceptors (Lipinski definition) is 5. The van der Waals surface area contributed by atoms with E-state index in [-0.39, 0.29) is 24.8 Å². The molecule has 0 radical (unpaired) electrons. The molecule has 2 aromatic rings. The van der Waals surface area contributed by atoms with Crippen molar-refractivity contribution in [2.45, 2.75) is 6.92 Å².